The second-order valence-corrected chi connectivity index (χ2v) is 4.54. The molecule has 0 unspecified atom stereocenters. The topological polar surface area (TPSA) is 40.5 Å². The van der Waals surface area contributed by atoms with E-state index in [0.29, 0.717) is 0 Å². The zero-order valence-electron chi connectivity index (χ0n) is 9.84. The van der Waals surface area contributed by atoms with Gasteiger partial charge in [0.2, 0.25) is 0 Å². The summed E-state index contributed by atoms with van der Waals surface area (Å²) < 4.78 is 0. The number of carbonyl (C=O) groups is 1. The number of hydrogen-bond donors (Lipinski definition) is 1. The number of hydrogen-bond acceptors (Lipinski definition) is 2. The van der Waals surface area contributed by atoms with Crippen molar-refractivity contribution in [1.82, 2.24) is 4.90 Å². The maximum Gasteiger partial charge on any atom is 0.309 e. The number of aliphatic carboxylic acids is 1. The summed E-state index contributed by atoms with van der Waals surface area (Å²) in [6, 6.07) is 0. The van der Waals surface area contributed by atoms with E-state index in [9.17, 15) is 4.79 Å². The molecule has 0 rings (SSSR count). The number of carboxylic acid groups (broad SMARTS) is 1. The van der Waals surface area contributed by atoms with E-state index in [4.69, 9.17) is 5.11 Å². The Labute approximate surface area is 87.1 Å². The Bertz CT molecular complexity index is 178. The Morgan fingerprint density at radius 1 is 1.36 bits per heavy atom. The monoisotopic (exact) mass is 201 g/mol. The third-order valence-corrected chi connectivity index (χ3v) is 2.71. The molecule has 3 nitrogen and oxygen atoms in total. The van der Waals surface area contributed by atoms with Gasteiger partial charge in [0.1, 0.15) is 0 Å². The van der Waals surface area contributed by atoms with Gasteiger partial charge in [-0.2, -0.15) is 0 Å². The number of unbranched alkanes of at least 4 members (excludes halogenated alkanes) is 1. The van der Waals surface area contributed by atoms with Crippen molar-refractivity contribution in [3.8, 4) is 0 Å². The summed E-state index contributed by atoms with van der Waals surface area (Å²) in [5, 5.41) is 8.89. The van der Waals surface area contributed by atoms with Crippen molar-refractivity contribution in [3.63, 3.8) is 0 Å². The third-order valence-electron chi connectivity index (χ3n) is 2.71. The van der Waals surface area contributed by atoms with Crippen LogP contribution in [-0.2, 0) is 4.79 Å². The van der Waals surface area contributed by atoms with Crippen molar-refractivity contribution < 1.29 is 9.90 Å². The van der Waals surface area contributed by atoms with Gasteiger partial charge in [-0.15, -0.1) is 0 Å². The average molecular weight is 201 g/mol. The maximum absolute atomic E-state index is 10.8. The van der Waals surface area contributed by atoms with Crippen molar-refractivity contribution in [2.75, 3.05) is 20.1 Å². The first-order valence-electron chi connectivity index (χ1n) is 5.32. The van der Waals surface area contributed by atoms with Crippen LogP contribution in [0, 0.1) is 5.41 Å². The molecule has 0 aromatic heterocycles. The van der Waals surface area contributed by atoms with E-state index in [1.807, 2.05) is 0 Å². The number of nitrogens with zero attached hydrogens (tertiary/aromatic N) is 1. The third kappa shape index (κ3) is 5.22. The maximum atomic E-state index is 10.8. The van der Waals surface area contributed by atoms with Crippen molar-refractivity contribution in [2.45, 2.75) is 40.0 Å². The second kappa shape index (κ2) is 6.02. The van der Waals surface area contributed by atoms with Gasteiger partial charge in [0.25, 0.3) is 0 Å². The average Bonchev–Trinajstić information content (AvgIpc) is 2.11. The van der Waals surface area contributed by atoms with E-state index in [1.165, 1.54) is 0 Å². The van der Waals surface area contributed by atoms with Gasteiger partial charge in [0.05, 0.1) is 5.41 Å². The predicted molar refractivity (Wildman–Crippen MR) is 58.4 cm³/mol. The molecule has 0 heterocycles. The van der Waals surface area contributed by atoms with Gasteiger partial charge >= 0.3 is 5.97 Å². The van der Waals surface area contributed by atoms with Crippen LogP contribution in [0.15, 0.2) is 0 Å². The molecule has 1 N–H and O–H groups in total. The SMILES string of the molecule is CCN(C)CCCCC(C)(C)C(=O)O. The van der Waals surface area contributed by atoms with Crippen LogP contribution in [0.5, 0.6) is 0 Å². The van der Waals surface area contributed by atoms with Crippen LogP contribution in [0.4, 0.5) is 0 Å². The van der Waals surface area contributed by atoms with Gasteiger partial charge in [-0.1, -0.05) is 13.3 Å². The van der Waals surface area contributed by atoms with Crippen LogP contribution in [0.2, 0.25) is 0 Å². The summed E-state index contributed by atoms with van der Waals surface area (Å²) in [5.41, 5.74) is -0.565. The molecule has 3 heteroatoms. The molecule has 0 saturated carbocycles. The normalized spacial score (nSPS) is 12.1. The fourth-order valence-corrected chi connectivity index (χ4v) is 1.21. The van der Waals surface area contributed by atoms with Crippen LogP contribution in [0.25, 0.3) is 0 Å². The van der Waals surface area contributed by atoms with Crippen LogP contribution in [0.1, 0.15) is 40.0 Å². The number of rotatable bonds is 7. The lowest BCUT2D eigenvalue weighted by atomic mass is 9.87. The zero-order chi connectivity index (χ0) is 11.2. The van der Waals surface area contributed by atoms with Crippen molar-refractivity contribution in [2.24, 2.45) is 5.41 Å². The summed E-state index contributed by atoms with van der Waals surface area (Å²) >= 11 is 0. The fourth-order valence-electron chi connectivity index (χ4n) is 1.21. The van der Waals surface area contributed by atoms with Crippen molar-refractivity contribution in [3.05, 3.63) is 0 Å². The lowest BCUT2D eigenvalue weighted by Crippen LogP contribution is -2.24. The first kappa shape index (κ1) is 13.4. The van der Waals surface area contributed by atoms with E-state index >= 15 is 0 Å². The molecule has 0 atom stereocenters. The van der Waals surface area contributed by atoms with Crippen LogP contribution >= 0.6 is 0 Å². The van der Waals surface area contributed by atoms with Gasteiger partial charge in [0, 0.05) is 0 Å². The minimum Gasteiger partial charge on any atom is -0.481 e. The fraction of sp³-hybridized carbons (Fsp3) is 0.909. The Kier molecular flexibility index (Phi) is 5.77. The lowest BCUT2D eigenvalue weighted by Gasteiger charge is -2.19. The molecule has 0 aliphatic heterocycles. The second-order valence-electron chi connectivity index (χ2n) is 4.54. The van der Waals surface area contributed by atoms with Crippen LogP contribution in [-0.4, -0.2) is 36.1 Å². The minimum absolute atomic E-state index is 0.565. The molecular weight excluding hydrogens is 178 g/mol. The smallest absolute Gasteiger partial charge is 0.309 e. The van der Waals surface area contributed by atoms with E-state index < -0.39 is 11.4 Å². The summed E-state index contributed by atoms with van der Waals surface area (Å²) in [6.07, 6.45) is 2.84. The Morgan fingerprint density at radius 2 is 1.93 bits per heavy atom. The largest absolute Gasteiger partial charge is 0.481 e. The summed E-state index contributed by atoms with van der Waals surface area (Å²) in [6.45, 7) is 7.83. The summed E-state index contributed by atoms with van der Waals surface area (Å²) in [5.74, 6) is -0.693. The highest BCUT2D eigenvalue weighted by Gasteiger charge is 2.25. The molecular formula is C11H23NO2. The summed E-state index contributed by atoms with van der Waals surface area (Å²) in [4.78, 5) is 13.0. The molecule has 0 aromatic rings. The van der Waals surface area contributed by atoms with Crippen molar-refractivity contribution >= 4 is 5.97 Å². The van der Waals surface area contributed by atoms with Crippen LogP contribution < -0.4 is 0 Å². The van der Waals surface area contributed by atoms with Gasteiger partial charge in [0.15, 0.2) is 0 Å². The quantitative estimate of drug-likeness (QED) is 0.642. The Balaban J connectivity index is 3.59. The first-order chi connectivity index (χ1) is 6.40. The summed E-state index contributed by atoms with van der Waals surface area (Å²) in [7, 11) is 2.09. The molecule has 0 spiro atoms. The highest BCUT2D eigenvalue weighted by molar-refractivity contribution is 5.73. The van der Waals surface area contributed by atoms with E-state index in [-0.39, 0.29) is 0 Å². The molecule has 0 saturated heterocycles. The van der Waals surface area contributed by atoms with Gasteiger partial charge in [-0.25, -0.2) is 0 Å². The van der Waals surface area contributed by atoms with Gasteiger partial charge < -0.3 is 10.0 Å². The van der Waals surface area contributed by atoms with Crippen molar-refractivity contribution in [1.29, 1.82) is 0 Å². The first-order valence-corrected chi connectivity index (χ1v) is 5.32. The molecule has 14 heavy (non-hydrogen) atoms. The standard InChI is InChI=1S/C11H23NO2/c1-5-12(4)9-7-6-8-11(2,3)10(13)14/h5-9H2,1-4H3,(H,13,14). The minimum atomic E-state index is -0.693. The molecule has 0 aliphatic rings. The lowest BCUT2D eigenvalue weighted by molar-refractivity contribution is -0.147. The Morgan fingerprint density at radius 3 is 2.36 bits per heavy atom. The number of carboxylic acids is 1. The zero-order valence-corrected chi connectivity index (χ0v) is 9.84. The molecule has 0 fully saturated rings. The van der Waals surface area contributed by atoms with E-state index in [0.717, 1.165) is 32.4 Å². The van der Waals surface area contributed by atoms with Crippen LogP contribution in [0.3, 0.4) is 0 Å². The molecule has 0 radical (unpaired) electrons. The predicted octanol–water partition coefficient (Wildman–Crippen LogP) is 2.22. The Hall–Kier alpha value is -0.570. The highest BCUT2D eigenvalue weighted by atomic mass is 16.4. The molecule has 0 aromatic carbocycles. The van der Waals surface area contributed by atoms with Gasteiger partial charge in [-0.3, -0.25) is 4.79 Å². The molecule has 0 aliphatic carbocycles. The highest BCUT2D eigenvalue weighted by Crippen LogP contribution is 2.23. The molecule has 84 valence electrons. The molecule has 0 bridgehead atoms. The van der Waals surface area contributed by atoms with E-state index in [2.05, 4.69) is 18.9 Å². The molecule has 0 amide bonds. The van der Waals surface area contributed by atoms with Gasteiger partial charge in [-0.05, 0) is 46.8 Å². The van der Waals surface area contributed by atoms with E-state index in [1.54, 1.807) is 13.8 Å².